The number of carbonyl (C=O) groups is 2. The van der Waals surface area contributed by atoms with E-state index < -0.39 is 5.97 Å². The molecule has 0 saturated heterocycles. The standard InChI is InChI=1S/C21H19N5O4S/c1-4-30-19(28)16-11-26-21(23-16)31-20(25-26)24-18(27)15-10-22-12(2)9-14(15)13-7-5-6-8-17(13)29-3/h5-11H,4H2,1-3H3,(H,24,25,27). The molecule has 0 spiro atoms. The molecule has 1 amide bonds. The van der Waals surface area contributed by atoms with Gasteiger partial charge in [-0.05, 0) is 26.0 Å². The molecule has 9 nitrogen and oxygen atoms in total. The van der Waals surface area contributed by atoms with Gasteiger partial charge >= 0.3 is 5.97 Å². The van der Waals surface area contributed by atoms with Gasteiger partial charge in [-0.1, -0.05) is 29.5 Å². The maximum Gasteiger partial charge on any atom is 0.358 e. The van der Waals surface area contributed by atoms with Crippen LogP contribution in [0.2, 0.25) is 0 Å². The van der Waals surface area contributed by atoms with Gasteiger partial charge < -0.3 is 9.47 Å². The van der Waals surface area contributed by atoms with Crippen molar-refractivity contribution in [2.24, 2.45) is 0 Å². The quantitative estimate of drug-likeness (QED) is 0.459. The van der Waals surface area contributed by atoms with E-state index in [-0.39, 0.29) is 18.2 Å². The van der Waals surface area contributed by atoms with Crippen LogP contribution >= 0.6 is 11.3 Å². The van der Waals surface area contributed by atoms with Crippen LogP contribution in [-0.2, 0) is 4.74 Å². The van der Waals surface area contributed by atoms with E-state index in [1.54, 1.807) is 14.0 Å². The van der Waals surface area contributed by atoms with Crippen LogP contribution < -0.4 is 10.1 Å². The lowest BCUT2D eigenvalue weighted by Gasteiger charge is -2.13. The summed E-state index contributed by atoms with van der Waals surface area (Å²) >= 11 is 1.14. The second-order valence-electron chi connectivity index (χ2n) is 6.51. The third-order valence-electron chi connectivity index (χ3n) is 4.43. The van der Waals surface area contributed by atoms with Crippen LogP contribution in [-0.4, -0.2) is 45.2 Å². The maximum atomic E-state index is 13.0. The van der Waals surface area contributed by atoms with Crippen LogP contribution in [0.3, 0.4) is 0 Å². The van der Waals surface area contributed by atoms with Crippen molar-refractivity contribution in [1.82, 2.24) is 19.6 Å². The summed E-state index contributed by atoms with van der Waals surface area (Å²) in [5.41, 5.74) is 2.81. The number of imidazole rings is 1. The van der Waals surface area contributed by atoms with E-state index in [1.165, 1.54) is 16.9 Å². The van der Waals surface area contributed by atoms with E-state index in [0.717, 1.165) is 22.6 Å². The number of fused-ring (bicyclic) bond motifs is 1. The third kappa shape index (κ3) is 4.10. The molecular formula is C21H19N5O4S. The first-order valence-electron chi connectivity index (χ1n) is 9.45. The van der Waals surface area contributed by atoms with Gasteiger partial charge in [0.25, 0.3) is 5.91 Å². The summed E-state index contributed by atoms with van der Waals surface area (Å²) in [6, 6.07) is 9.31. The number of anilines is 1. The average Bonchev–Trinajstić information content (AvgIpc) is 3.32. The highest BCUT2D eigenvalue weighted by Gasteiger charge is 2.20. The average molecular weight is 437 g/mol. The second kappa shape index (κ2) is 8.52. The van der Waals surface area contributed by atoms with Crippen LogP contribution in [0.25, 0.3) is 16.1 Å². The summed E-state index contributed by atoms with van der Waals surface area (Å²) in [5.74, 6) is -0.227. The summed E-state index contributed by atoms with van der Waals surface area (Å²) in [6.45, 7) is 3.84. The zero-order chi connectivity index (χ0) is 22.0. The molecule has 10 heteroatoms. The topological polar surface area (TPSA) is 108 Å². The van der Waals surface area contributed by atoms with Gasteiger partial charge in [-0.15, -0.1) is 5.10 Å². The number of benzene rings is 1. The minimum absolute atomic E-state index is 0.166. The molecule has 0 fully saturated rings. The summed E-state index contributed by atoms with van der Waals surface area (Å²) in [7, 11) is 1.59. The molecule has 31 heavy (non-hydrogen) atoms. The summed E-state index contributed by atoms with van der Waals surface area (Å²) in [4.78, 5) is 33.8. The highest BCUT2D eigenvalue weighted by atomic mass is 32.1. The smallest absolute Gasteiger partial charge is 0.358 e. The fourth-order valence-electron chi connectivity index (χ4n) is 3.05. The van der Waals surface area contributed by atoms with E-state index in [9.17, 15) is 9.59 Å². The Balaban J connectivity index is 1.63. The van der Waals surface area contributed by atoms with Crippen molar-refractivity contribution in [2.45, 2.75) is 13.8 Å². The number of para-hydroxylation sites is 1. The minimum Gasteiger partial charge on any atom is -0.496 e. The van der Waals surface area contributed by atoms with Crippen molar-refractivity contribution in [3.05, 3.63) is 59.7 Å². The Bertz CT molecular complexity index is 1250. The summed E-state index contributed by atoms with van der Waals surface area (Å²) in [5, 5.41) is 7.41. The number of esters is 1. The predicted molar refractivity (Wildman–Crippen MR) is 116 cm³/mol. The van der Waals surface area contributed by atoms with Crippen molar-refractivity contribution in [2.75, 3.05) is 19.0 Å². The monoisotopic (exact) mass is 437 g/mol. The number of hydrogen-bond acceptors (Lipinski definition) is 8. The Morgan fingerprint density at radius 3 is 2.77 bits per heavy atom. The Labute approximate surface area is 181 Å². The first-order valence-corrected chi connectivity index (χ1v) is 10.3. The number of pyridine rings is 1. The SMILES string of the molecule is CCOC(=O)c1cn2nc(NC(=O)c3cnc(C)cc3-c3ccccc3OC)sc2n1. The summed E-state index contributed by atoms with van der Waals surface area (Å²) in [6.07, 6.45) is 3.00. The summed E-state index contributed by atoms with van der Waals surface area (Å²) < 4.78 is 11.8. The van der Waals surface area contributed by atoms with Crippen LogP contribution in [0.4, 0.5) is 5.13 Å². The zero-order valence-corrected chi connectivity index (χ0v) is 17.9. The van der Waals surface area contributed by atoms with Gasteiger partial charge in [0, 0.05) is 23.0 Å². The van der Waals surface area contributed by atoms with E-state index >= 15 is 0 Å². The second-order valence-corrected chi connectivity index (χ2v) is 7.46. The lowest BCUT2D eigenvalue weighted by Crippen LogP contribution is -2.14. The molecule has 4 rings (SSSR count). The molecule has 0 unspecified atom stereocenters. The third-order valence-corrected chi connectivity index (χ3v) is 5.27. The van der Waals surface area contributed by atoms with E-state index in [1.807, 2.05) is 37.3 Å². The number of amides is 1. The van der Waals surface area contributed by atoms with E-state index in [4.69, 9.17) is 9.47 Å². The number of nitrogens with zero attached hydrogens (tertiary/aromatic N) is 4. The van der Waals surface area contributed by atoms with Gasteiger partial charge in [0.05, 0.1) is 25.5 Å². The fraction of sp³-hybridized carbons (Fsp3) is 0.190. The number of hydrogen-bond donors (Lipinski definition) is 1. The first kappa shape index (κ1) is 20.5. The molecule has 3 aromatic heterocycles. The fourth-order valence-corrected chi connectivity index (χ4v) is 3.83. The van der Waals surface area contributed by atoms with Gasteiger partial charge in [0.2, 0.25) is 10.1 Å². The van der Waals surface area contributed by atoms with Crippen molar-refractivity contribution in [3.8, 4) is 16.9 Å². The first-order chi connectivity index (χ1) is 15.0. The molecule has 1 aromatic carbocycles. The van der Waals surface area contributed by atoms with Crippen molar-refractivity contribution in [3.63, 3.8) is 0 Å². The highest BCUT2D eigenvalue weighted by molar-refractivity contribution is 7.20. The molecule has 0 saturated carbocycles. The van der Waals surface area contributed by atoms with Crippen LogP contribution in [0, 0.1) is 6.92 Å². The minimum atomic E-state index is -0.516. The largest absolute Gasteiger partial charge is 0.496 e. The normalized spacial score (nSPS) is 10.8. The molecule has 3 heterocycles. The molecule has 0 atom stereocenters. The lowest BCUT2D eigenvalue weighted by atomic mass is 9.99. The van der Waals surface area contributed by atoms with Gasteiger partial charge in [0.15, 0.2) is 5.69 Å². The van der Waals surface area contributed by atoms with Crippen LogP contribution in [0.5, 0.6) is 5.75 Å². The molecule has 0 aliphatic heterocycles. The number of methoxy groups -OCH3 is 1. The zero-order valence-electron chi connectivity index (χ0n) is 17.1. The van der Waals surface area contributed by atoms with Gasteiger partial charge in [0.1, 0.15) is 5.75 Å². The maximum absolute atomic E-state index is 13.0. The van der Waals surface area contributed by atoms with Crippen LogP contribution in [0.1, 0.15) is 33.5 Å². The van der Waals surface area contributed by atoms with E-state index in [2.05, 4.69) is 20.4 Å². The molecule has 158 valence electrons. The molecule has 0 bridgehead atoms. The Morgan fingerprint density at radius 2 is 2.03 bits per heavy atom. The number of aromatic nitrogens is 4. The molecule has 0 aliphatic carbocycles. The van der Waals surface area contributed by atoms with Crippen LogP contribution in [0.15, 0.2) is 42.7 Å². The highest BCUT2D eigenvalue weighted by Crippen LogP contribution is 2.33. The van der Waals surface area contributed by atoms with Gasteiger partial charge in [-0.25, -0.2) is 14.3 Å². The Morgan fingerprint density at radius 1 is 1.23 bits per heavy atom. The van der Waals surface area contributed by atoms with Gasteiger partial charge in [-0.2, -0.15) is 0 Å². The van der Waals surface area contributed by atoms with Crippen molar-refractivity contribution >= 4 is 33.3 Å². The number of aryl methyl sites for hydroxylation is 1. The molecular weight excluding hydrogens is 418 g/mol. The predicted octanol–water partition coefficient (Wildman–Crippen LogP) is 3.60. The molecule has 0 aliphatic rings. The molecule has 1 N–H and O–H groups in total. The number of nitrogens with one attached hydrogen (secondary N) is 1. The van der Waals surface area contributed by atoms with E-state index in [0.29, 0.717) is 27.0 Å². The van der Waals surface area contributed by atoms with Gasteiger partial charge in [-0.3, -0.25) is 15.1 Å². The Hall–Kier alpha value is -3.79. The molecule has 0 radical (unpaired) electrons. The lowest BCUT2D eigenvalue weighted by molar-refractivity contribution is 0.0520. The molecule has 4 aromatic rings. The Kier molecular flexibility index (Phi) is 5.63. The number of ether oxygens (including phenoxy) is 2. The van der Waals surface area contributed by atoms with Crippen molar-refractivity contribution < 1.29 is 19.1 Å². The number of rotatable bonds is 6. The number of carbonyl (C=O) groups excluding carboxylic acids is 2. The van der Waals surface area contributed by atoms with Crippen molar-refractivity contribution in [1.29, 1.82) is 0 Å².